The summed E-state index contributed by atoms with van der Waals surface area (Å²) in [4.78, 5) is 24.3. The van der Waals surface area contributed by atoms with Crippen LogP contribution in [0.5, 0.6) is 5.88 Å². The molecule has 1 fully saturated rings. The molecule has 1 aromatic carbocycles. The molecule has 0 radical (unpaired) electrons. The molecule has 142 valence electrons. The summed E-state index contributed by atoms with van der Waals surface area (Å²) in [5.41, 5.74) is 2.44. The van der Waals surface area contributed by atoms with E-state index in [0.717, 1.165) is 11.7 Å². The van der Waals surface area contributed by atoms with Crippen molar-refractivity contribution >= 4 is 35.4 Å². The van der Waals surface area contributed by atoms with Crippen LogP contribution in [0.3, 0.4) is 0 Å². The van der Waals surface area contributed by atoms with Gasteiger partial charge in [0.2, 0.25) is 5.82 Å². The topological polar surface area (TPSA) is 132 Å². The van der Waals surface area contributed by atoms with Crippen LogP contribution >= 0.6 is 11.7 Å². The lowest BCUT2D eigenvalue weighted by atomic mass is 10.2. The van der Waals surface area contributed by atoms with Crippen molar-refractivity contribution in [3.05, 3.63) is 39.9 Å². The van der Waals surface area contributed by atoms with Crippen LogP contribution in [0.15, 0.2) is 29.4 Å². The van der Waals surface area contributed by atoms with Crippen LogP contribution in [-0.4, -0.2) is 58.7 Å². The van der Waals surface area contributed by atoms with Gasteiger partial charge in [-0.2, -0.15) is 9.47 Å². The number of amides is 1. The first-order valence-corrected chi connectivity index (χ1v) is 8.71. The fourth-order valence-electron chi connectivity index (χ4n) is 2.34. The summed E-state index contributed by atoms with van der Waals surface area (Å²) in [7, 11) is 0. The Morgan fingerprint density at radius 1 is 1.41 bits per heavy atom. The summed E-state index contributed by atoms with van der Waals surface area (Å²) >= 11 is 0.998. The maximum atomic E-state index is 11.9. The predicted molar refractivity (Wildman–Crippen MR) is 97.3 cm³/mol. The minimum atomic E-state index is -0.522. The van der Waals surface area contributed by atoms with E-state index in [1.165, 1.54) is 18.3 Å². The van der Waals surface area contributed by atoms with Crippen molar-refractivity contribution in [3.8, 4) is 5.88 Å². The highest BCUT2D eigenvalue weighted by molar-refractivity contribution is 6.99. The molecule has 12 heteroatoms. The summed E-state index contributed by atoms with van der Waals surface area (Å²) in [5, 5.41) is 14.7. The van der Waals surface area contributed by atoms with Gasteiger partial charge in [0, 0.05) is 19.2 Å². The van der Waals surface area contributed by atoms with Gasteiger partial charge in [-0.15, -0.1) is 4.37 Å². The molecule has 2 aromatic rings. The highest BCUT2D eigenvalue weighted by Gasteiger charge is 2.20. The number of anilines is 1. The molecule has 11 nitrogen and oxygen atoms in total. The van der Waals surface area contributed by atoms with Gasteiger partial charge < -0.3 is 14.4 Å². The Morgan fingerprint density at radius 2 is 2.19 bits per heavy atom. The molecule has 0 saturated carbocycles. The number of carbonyl (C=O) groups excluding carboxylic acids is 1. The summed E-state index contributed by atoms with van der Waals surface area (Å²) < 4.78 is 19.0. The lowest BCUT2D eigenvalue weighted by molar-refractivity contribution is -0.385. The molecule has 2 heterocycles. The number of rotatable bonds is 7. The zero-order valence-electron chi connectivity index (χ0n) is 14.1. The molecule has 0 unspecified atom stereocenters. The first-order chi connectivity index (χ1) is 13.1. The number of carbonyl (C=O) groups is 1. The van der Waals surface area contributed by atoms with Gasteiger partial charge in [-0.05, 0) is 6.07 Å². The molecule has 1 saturated heterocycles. The second-order valence-electron chi connectivity index (χ2n) is 5.39. The van der Waals surface area contributed by atoms with E-state index >= 15 is 0 Å². The number of hydrazone groups is 1. The highest BCUT2D eigenvalue weighted by atomic mass is 32.1. The number of hydrogen-bond acceptors (Lipinski definition) is 10. The molecule has 1 N–H and O–H groups in total. The van der Waals surface area contributed by atoms with Crippen molar-refractivity contribution in [1.29, 1.82) is 0 Å². The van der Waals surface area contributed by atoms with Gasteiger partial charge >= 0.3 is 0 Å². The number of hydrogen-bond donors (Lipinski definition) is 1. The van der Waals surface area contributed by atoms with Crippen molar-refractivity contribution in [2.24, 2.45) is 5.10 Å². The van der Waals surface area contributed by atoms with Crippen molar-refractivity contribution in [3.63, 3.8) is 0 Å². The lowest BCUT2D eigenvalue weighted by Crippen LogP contribution is -2.36. The maximum Gasteiger partial charge on any atom is 0.278 e. The molecule has 0 aliphatic carbocycles. The van der Waals surface area contributed by atoms with Crippen LogP contribution in [0, 0.1) is 10.1 Å². The molecule has 3 rings (SSSR count). The van der Waals surface area contributed by atoms with Crippen LogP contribution in [0.25, 0.3) is 0 Å². The van der Waals surface area contributed by atoms with Crippen LogP contribution in [0.2, 0.25) is 0 Å². The van der Waals surface area contributed by atoms with E-state index in [-0.39, 0.29) is 23.7 Å². The summed E-state index contributed by atoms with van der Waals surface area (Å²) in [5.74, 6) is 0.338. The Kier molecular flexibility index (Phi) is 6.22. The van der Waals surface area contributed by atoms with Crippen LogP contribution in [0.1, 0.15) is 5.56 Å². The number of nitro groups is 1. The molecular formula is C15H16N6O5S. The molecule has 0 bridgehead atoms. The van der Waals surface area contributed by atoms with E-state index in [1.54, 1.807) is 12.1 Å². The Morgan fingerprint density at radius 3 is 2.96 bits per heavy atom. The molecule has 0 atom stereocenters. The first kappa shape index (κ1) is 18.7. The lowest BCUT2D eigenvalue weighted by Gasteiger charge is -2.26. The SMILES string of the molecule is O=C(COc1nsnc1N1CCOCC1)N/N=C/c1ccccc1[N+](=O)[O-]. The number of aromatic nitrogens is 2. The number of ether oxygens (including phenoxy) is 2. The molecule has 27 heavy (non-hydrogen) atoms. The fourth-order valence-corrected chi connectivity index (χ4v) is 2.86. The van der Waals surface area contributed by atoms with Crippen molar-refractivity contribution in [1.82, 2.24) is 14.2 Å². The van der Waals surface area contributed by atoms with Crippen molar-refractivity contribution in [2.75, 3.05) is 37.8 Å². The predicted octanol–water partition coefficient (Wildman–Crippen LogP) is 0.812. The Bertz CT molecular complexity index is 836. The third kappa shape index (κ3) is 4.95. The third-order valence-electron chi connectivity index (χ3n) is 3.62. The van der Waals surface area contributed by atoms with Gasteiger partial charge in [0.1, 0.15) is 0 Å². The Hall–Kier alpha value is -3.12. The number of nitrogens with zero attached hydrogens (tertiary/aromatic N) is 5. The average Bonchev–Trinajstić information content (AvgIpc) is 3.16. The average molecular weight is 392 g/mol. The van der Waals surface area contributed by atoms with E-state index in [9.17, 15) is 14.9 Å². The molecule has 1 aliphatic heterocycles. The normalized spacial score (nSPS) is 14.3. The third-order valence-corrected chi connectivity index (χ3v) is 4.12. The number of benzene rings is 1. The first-order valence-electron chi connectivity index (χ1n) is 7.98. The molecule has 1 aromatic heterocycles. The monoisotopic (exact) mass is 392 g/mol. The van der Waals surface area contributed by atoms with E-state index in [2.05, 4.69) is 19.3 Å². The van der Waals surface area contributed by atoms with E-state index in [0.29, 0.717) is 32.1 Å². The zero-order valence-corrected chi connectivity index (χ0v) is 14.9. The van der Waals surface area contributed by atoms with Gasteiger partial charge in [0.15, 0.2) is 6.61 Å². The Balaban J connectivity index is 1.52. The number of nitrogens with one attached hydrogen (secondary N) is 1. The molecule has 1 aliphatic rings. The number of nitro benzene ring substituents is 1. The van der Waals surface area contributed by atoms with E-state index in [4.69, 9.17) is 9.47 Å². The zero-order chi connectivity index (χ0) is 19.1. The summed E-state index contributed by atoms with van der Waals surface area (Å²) in [6.07, 6.45) is 1.21. The maximum absolute atomic E-state index is 11.9. The van der Waals surface area contributed by atoms with Gasteiger partial charge in [0.05, 0.1) is 41.6 Å². The molecule has 1 amide bonds. The number of morpholine rings is 1. The van der Waals surface area contributed by atoms with Crippen molar-refractivity contribution in [2.45, 2.75) is 0 Å². The summed E-state index contributed by atoms with van der Waals surface area (Å²) in [6, 6.07) is 6.08. The minimum Gasteiger partial charge on any atom is -0.464 e. The highest BCUT2D eigenvalue weighted by Crippen LogP contribution is 2.26. The minimum absolute atomic E-state index is 0.101. The standard InChI is InChI=1S/C15H16N6O5S/c22-13(17-16-9-11-3-1-2-4-12(11)21(23)24)10-26-15-14(18-27-19-15)20-5-7-25-8-6-20/h1-4,9H,5-8,10H2,(H,17,22)/b16-9+. The Labute approximate surface area is 158 Å². The largest absolute Gasteiger partial charge is 0.464 e. The van der Waals surface area contributed by atoms with Gasteiger partial charge in [-0.3, -0.25) is 14.9 Å². The molecule has 0 spiro atoms. The van der Waals surface area contributed by atoms with Crippen LogP contribution in [-0.2, 0) is 9.53 Å². The summed E-state index contributed by atoms with van der Waals surface area (Å²) in [6.45, 7) is 2.23. The quantitative estimate of drug-likeness (QED) is 0.416. The van der Waals surface area contributed by atoms with Crippen LogP contribution in [0.4, 0.5) is 11.5 Å². The number of para-hydroxylation sites is 1. The van der Waals surface area contributed by atoms with Gasteiger partial charge in [-0.25, -0.2) is 5.43 Å². The van der Waals surface area contributed by atoms with Crippen LogP contribution < -0.4 is 15.1 Å². The van der Waals surface area contributed by atoms with Crippen molar-refractivity contribution < 1.29 is 19.2 Å². The van der Waals surface area contributed by atoms with Gasteiger partial charge in [-0.1, -0.05) is 12.1 Å². The smallest absolute Gasteiger partial charge is 0.278 e. The molecular weight excluding hydrogens is 376 g/mol. The second kappa shape index (κ2) is 9.00. The van der Waals surface area contributed by atoms with E-state index < -0.39 is 10.8 Å². The second-order valence-corrected chi connectivity index (χ2v) is 5.92. The van der Waals surface area contributed by atoms with E-state index in [1.807, 2.05) is 4.90 Å². The fraction of sp³-hybridized carbons (Fsp3) is 0.333. The van der Waals surface area contributed by atoms with Gasteiger partial charge in [0.25, 0.3) is 17.5 Å².